The van der Waals surface area contributed by atoms with Crippen molar-refractivity contribution in [1.29, 1.82) is 0 Å². The zero-order valence-electron chi connectivity index (χ0n) is 20.0. The molecule has 0 saturated carbocycles. The second-order valence-electron chi connectivity index (χ2n) is 8.79. The number of benzene rings is 2. The summed E-state index contributed by atoms with van der Waals surface area (Å²) in [7, 11) is 0. The van der Waals surface area contributed by atoms with E-state index in [4.69, 9.17) is 0 Å². The molecule has 4 nitrogen and oxygen atoms in total. The zero-order chi connectivity index (χ0) is 23.7. The first-order valence-electron chi connectivity index (χ1n) is 11.7. The number of nitrogens with one attached hydrogen (secondary N) is 1. The highest BCUT2D eigenvalue weighted by Crippen LogP contribution is 2.18. The predicted molar refractivity (Wildman–Crippen MR) is 128 cm³/mol. The fraction of sp³-hybridized carbons (Fsp3) is 0.481. The van der Waals surface area contributed by atoms with Crippen molar-refractivity contribution in [2.75, 3.05) is 0 Å². The van der Waals surface area contributed by atoms with Gasteiger partial charge in [-0.25, -0.2) is 4.39 Å². The molecule has 1 N–H and O–H groups in total. The van der Waals surface area contributed by atoms with E-state index in [-0.39, 0.29) is 30.2 Å². The number of halogens is 1. The van der Waals surface area contributed by atoms with Gasteiger partial charge in [-0.3, -0.25) is 9.59 Å². The van der Waals surface area contributed by atoms with Crippen molar-refractivity contribution >= 4 is 11.8 Å². The van der Waals surface area contributed by atoms with Crippen LogP contribution in [-0.2, 0) is 22.6 Å². The summed E-state index contributed by atoms with van der Waals surface area (Å²) in [6, 6.07) is 13.9. The zero-order valence-corrected chi connectivity index (χ0v) is 20.0. The first-order chi connectivity index (χ1) is 15.2. The van der Waals surface area contributed by atoms with E-state index < -0.39 is 6.04 Å². The van der Waals surface area contributed by atoms with Crippen molar-refractivity contribution in [3.8, 4) is 0 Å². The van der Waals surface area contributed by atoms with E-state index >= 15 is 0 Å². The summed E-state index contributed by atoms with van der Waals surface area (Å²) in [6.07, 6.45) is 2.26. The molecule has 32 heavy (non-hydrogen) atoms. The summed E-state index contributed by atoms with van der Waals surface area (Å²) in [6.45, 7) is 10.5. The molecule has 0 aliphatic rings. The number of nitrogens with zero attached hydrogens (tertiary/aromatic N) is 1. The van der Waals surface area contributed by atoms with E-state index in [9.17, 15) is 14.0 Å². The number of rotatable bonds is 11. The van der Waals surface area contributed by atoms with Crippen molar-refractivity contribution in [3.05, 3.63) is 71.0 Å². The minimum atomic E-state index is -0.565. The fourth-order valence-corrected chi connectivity index (χ4v) is 3.61. The number of carbonyl (C=O) groups excluding carboxylic acids is 2. The van der Waals surface area contributed by atoms with Crippen LogP contribution < -0.4 is 5.32 Å². The van der Waals surface area contributed by atoms with Crippen molar-refractivity contribution in [2.24, 2.45) is 0 Å². The Balaban J connectivity index is 2.18. The minimum absolute atomic E-state index is 0.0406. The molecule has 5 heteroatoms. The molecule has 0 aliphatic heterocycles. The van der Waals surface area contributed by atoms with Crippen LogP contribution in [0.25, 0.3) is 0 Å². The number of carbonyl (C=O) groups is 2. The molecule has 0 fully saturated rings. The van der Waals surface area contributed by atoms with Crippen LogP contribution in [0.4, 0.5) is 4.39 Å². The fourth-order valence-electron chi connectivity index (χ4n) is 3.61. The summed E-state index contributed by atoms with van der Waals surface area (Å²) in [5, 5.41) is 3.01. The lowest BCUT2D eigenvalue weighted by atomic mass is 10.00. The molecule has 2 atom stereocenters. The van der Waals surface area contributed by atoms with Crippen LogP contribution in [0.5, 0.6) is 0 Å². The van der Waals surface area contributed by atoms with Gasteiger partial charge in [-0.15, -0.1) is 0 Å². The maximum Gasteiger partial charge on any atom is 0.243 e. The van der Waals surface area contributed by atoms with Crippen LogP contribution in [0.2, 0.25) is 0 Å². The summed E-state index contributed by atoms with van der Waals surface area (Å²) < 4.78 is 13.4. The Labute approximate surface area is 192 Å². The normalized spacial score (nSPS) is 13.0. The Bertz CT molecular complexity index is 862. The summed E-state index contributed by atoms with van der Waals surface area (Å²) >= 11 is 0. The molecule has 174 valence electrons. The highest BCUT2D eigenvalue weighted by Gasteiger charge is 2.29. The van der Waals surface area contributed by atoms with Crippen molar-refractivity contribution in [2.45, 2.75) is 84.8 Å². The van der Waals surface area contributed by atoms with Gasteiger partial charge in [-0.2, -0.15) is 0 Å². The predicted octanol–water partition coefficient (Wildman–Crippen LogP) is 5.60. The van der Waals surface area contributed by atoms with Crippen molar-refractivity contribution in [1.82, 2.24) is 10.2 Å². The third kappa shape index (κ3) is 7.47. The van der Waals surface area contributed by atoms with E-state index in [1.165, 1.54) is 17.7 Å². The number of aryl methyl sites for hydroxylation is 1. The standard InChI is InChI=1S/C27H37FN2O2/c1-6-20(5)29-27(32)25(7-2)30(18-22-10-15-24(28)16-11-22)26(31)17-12-21-8-13-23(14-9-21)19(3)4/h8-11,13-16,19-20,25H,6-7,12,17-18H2,1-5H3,(H,29,32)/t20-,25+/m1/s1. The van der Waals surface area contributed by atoms with Crippen LogP contribution in [0, 0.1) is 5.82 Å². The van der Waals surface area contributed by atoms with E-state index in [0.717, 1.165) is 17.5 Å². The first kappa shape index (κ1) is 25.6. The van der Waals surface area contributed by atoms with Crippen LogP contribution >= 0.6 is 0 Å². The molecule has 0 unspecified atom stereocenters. The molecule has 0 spiro atoms. The Hall–Kier alpha value is -2.69. The molecular formula is C27H37FN2O2. The van der Waals surface area contributed by atoms with E-state index in [1.807, 2.05) is 20.8 Å². The van der Waals surface area contributed by atoms with Gasteiger partial charge < -0.3 is 10.2 Å². The molecule has 0 bridgehead atoms. The maximum atomic E-state index is 13.4. The second kappa shape index (κ2) is 12.4. The molecule has 2 rings (SSSR count). The minimum Gasteiger partial charge on any atom is -0.352 e. The smallest absolute Gasteiger partial charge is 0.243 e. The molecule has 0 heterocycles. The van der Waals surface area contributed by atoms with E-state index in [1.54, 1.807) is 17.0 Å². The molecule has 0 aliphatic carbocycles. The highest BCUT2D eigenvalue weighted by molar-refractivity contribution is 5.87. The van der Waals surface area contributed by atoms with Gasteiger partial charge in [-0.1, -0.05) is 64.1 Å². The lowest BCUT2D eigenvalue weighted by molar-refractivity contribution is -0.141. The Kier molecular flexibility index (Phi) is 9.89. The van der Waals surface area contributed by atoms with Gasteiger partial charge in [-0.05, 0) is 60.9 Å². The average Bonchev–Trinajstić information content (AvgIpc) is 2.78. The lowest BCUT2D eigenvalue weighted by Crippen LogP contribution is -2.50. The van der Waals surface area contributed by atoms with Gasteiger partial charge in [0.05, 0.1) is 0 Å². The third-order valence-corrected chi connectivity index (χ3v) is 5.93. The summed E-state index contributed by atoms with van der Waals surface area (Å²) in [5.74, 6) is -0.0729. The molecule has 0 saturated heterocycles. The summed E-state index contributed by atoms with van der Waals surface area (Å²) in [4.78, 5) is 27.9. The first-order valence-corrected chi connectivity index (χ1v) is 11.7. The molecule has 2 aromatic rings. The molecule has 0 radical (unpaired) electrons. The summed E-state index contributed by atoms with van der Waals surface area (Å²) in [5.41, 5.74) is 3.17. The average molecular weight is 441 g/mol. The second-order valence-corrected chi connectivity index (χ2v) is 8.79. The van der Waals surface area contributed by atoms with Gasteiger partial charge in [0, 0.05) is 19.0 Å². The quantitative estimate of drug-likeness (QED) is 0.494. The van der Waals surface area contributed by atoms with Crippen LogP contribution in [0.3, 0.4) is 0 Å². The number of amides is 2. The van der Waals surface area contributed by atoms with E-state index in [2.05, 4.69) is 43.4 Å². The van der Waals surface area contributed by atoms with Gasteiger partial charge in [0.2, 0.25) is 11.8 Å². The highest BCUT2D eigenvalue weighted by atomic mass is 19.1. The van der Waals surface area contributed by atoms with Gasteiger partial charge in [0.15, 0.2) is 0 Å². The Morgan fingerprint density at radius 1 is 0.906 bits per heavy atom. The topological polar surface area (TPSA) is 49.4 Å². The third-order valence-electron chi connectivity index (χ3n) is 5.93. The SMILES string of the molecule is CC[C@@H](C)NC(=O)[C@H](CC)N(Cc1ccc(F)cc1)C(=O)CCc1ccc(C(C)C)cc1. The van der Waals surface area contributed by atoms with Gasteiger partial charge in [0.25, 0.3) is 0 Å². The van der Waals surface area contributed by atoms with Gasteiger partial charge >= 0.3 is 0 Å². The maximum absolute atomic E-state index is 13.4. The molecule has 0 aromatic heterocycles. The largest absolute Gasteiger partial charge is 0.352 e. The lowest BCUT2D eigenvalue weighted by Gasteiger charge is -2.31. The number of hydrogen-bond acceptors (Lipinski definition) is 2. The molecular weight excluding hydrogens is 403 g/mol. The van der Waals surface area contributed by atoms with Crippen molar-refractivity contribution < 1.29 is 14.0 Å². The van der Waals surface area contributed by atoms with Crippen LogP contribution in [-0.4, -0.2) is 28.8 Å². The van der Waals surface area contributed by atoms with Crippen LogP contribution in [0.15, 0.2) is 48.5 Å². The number of hydrogen-bond donors (Lipinski definition) is 1. The Morgan fingerprint density at radius 2 is 1.50 bits per heavy atom. The Morgan fingerprint density at radius 3 is 2.03 bits per heavy atom. The van der Waals surface area contributed by atoms with E-state index in [0.29, 0.717) is 25.2 Å². The van der Waals surface area contributed by atoms with Gasteiger partial charge in [0.1, 0.15) is 11.9 Å². The van der Waals surface area contributed by atoms with Crippen LogP contribution in [0.1, 0.15) is 76.5 Å². The van der Waals surface area contributed by atoms with Crippen molar-refractivity contribution in [3.63, 3.8) is 0 Å². The molecule has 2 aromatic carbocycles. The molecule has 2 amide bonds. The monoisotopic (exact) mass is 440 g/mol.